The molecule has 6 heteroatoms. The molecule has 0 aromatic heterocycles. The number of rotatable bonds is 7. The molecule has 21 heavy (non-hydrogen) atoms. The molecule has 0 spiro atoms. The van der Waals surface area contributed by atoms with Gasteiger partial charge < -0.3 is 20.2 Å². The van der Waals surface area contributed by atoms with Crippen molar-refractivity contribution in [3.8, 4) is 0 Å². The number of carbonyl (C=O) groups is 2. The maximum absolute atomic E-state index is 12.3. The van der Waals surface area contributed by atoms with Crippen molar-refractivity contribution in [1.82, 2.24) is 15.1 Å². The van der Waals surface area contributed by atoms with Crippen molar-refractivity contribution in [3.05, 3.63) is 0 Å². The van der Waals surface area contributed by atoms with E-state index in [1.54, 1.807) is 11.8 Å². The van der Waals surface area contributed by atoms with E-state index >= 15 is 0 Å². The predicted octanol–water partition coefficient (Wildman–Crippen LogP) is 1.61. The van der Waals surface area contributed by atoms with Crippen molar-refractivity contribution < 1.29 is 14.7 Å². The molecule has 1 fully saturated rings. The number of carboxylic acids is 1. The van der Waals surface area contributed by atoms with E-state index in [2.05, 4.69) is 10.2 Å². The van der Waals surface area contributed by atoms with Crippen LogP contribution in [-0.4, -0.2) is 66.7 Å². The molecule has 2 N–H and O–H groups in total. The van der Waals surface area contributed by atoms with Crippen molar-refractivity contribution in [1.29, 1.82) is 0 Å². The summed E-state index contributed by atoms with van der Waals surface area (Å²) in [6.07, 6.45) is 3.12. The Hall–Kier alpha value is -1.30. The number of hydrogen-bond donors (Lipinski definition) is 2. The van der Waals surface area contributed by atoms with Gasteiger partial charge in [-0.3, -0.25) is 4.79 Å². The molecule has 2 atom stereocenters. The topological polar surface area (TPSA) is 72.9 Å². The fourth-order valence-electron chi connectivity index (χ4n) is 2.88. The van der Waals surface area contributed by atoms with Crippen LogP contribution in [0.4, 0.5) is 4.79 Å². The van der Waals surface area contributed by atoms with Gasteiger partial charge in [0.25, 0.3) is 0 Å². The van der Waals surface area contributed by atoms with Crippen LogP contribution in [0, 0.1) is 5.41 Å². The van der Waals surface area contributed by atoms with E-state index < -0.39 is 11.4 Å². The SMILES string of the molecule is CCN(CCCN(C)C)C(=O)NC1CCCC1(C)C(=O)O. The fraction of sp³-hybridized carbons (Fsp3) is 0.867. The molecule has 0 saturated heterocycles. The largest absolute Gasteiger partial charge is 0.481 e. The average Bonchev–Trinajstić information content (AvgIpc) is 2.77. The van der Waals surface area contributed by atoms with E-state index in [1.165, 1.54) is 0 Å². The first kappa shape index (κ1) is 17.8. The predicted molar refractivity (Wildman–Crippen MR) is 82.3 cm³/mol. The van der Waals surface area contributed by atoms with Crippen molar-refractivity contribution >= 4 is 12.0 Å². The van der Waals surface area contributed by atoms with E-state index in [0.29, 0.717) is 19.5 Å². The summed E-state index contributed by atoms with van der Waals surface area (Å²) in [7, 11) is 4.01. The summed E-state index contributed by atoms with van der Waals surface area (Å²) in [5.74, 6) is -0.819. The minimum absolute atomic E-state index is 0.143. The van der Waals surface area contributed by atoms with Crippen molar-refractivity contribution in [2.75, 3.05) is 33.7 Å². The van der Waals surface area contributed by atoms with Gasteiger partial charge in [-0.25, -0.2) is 4.79 Å². The van der Waals surface area contributed by atoms with Gasteiger partial charge in [0, 0.05) is 19.1 Å². The number of carboxylic acid groups (broad SMARTS) is 1. The lowest BCUT2D eigenvalue weighted by Crippen LogP contribution is -2.51. The normalized spacial score (nSPS) is 25.1. The maximum Gasteiger partial charge on any atom is 0.317 e. The van der Waals surface area contributed by atoms with Crippen molar-refractivity contribution in [2.45, 2.75) is 45.6 Å². The molecule has 1 aliphatic carbocycles. The molecular weight excluding hydrogens is 270 g/mol. The lowest BCUT2D eigenvalue weighted by Gasteiger charge is -2.30. The molecule has 0 heterocycles. The van der Waals surface area contributed by atoms with Gasteiger partial charge in [-0.2, -0.15) is 0 Å². The van der Waals surface area contributed by atoms with Crippen LogP contribution in [0.15, 0.2) is 0 Å². The first-order chi connectivity index (χ1) is 9.81. The summed E-state index contributed by atoms with van der Waals surface area (Å²) in [4.78, 5) is 27.6. The van der Waals surface area contributed by atoms with Gasteiger partial charge in [0.1, 0.15) is 0 Å². The zero-order valence-corrected chi connectivity index (χ0v) is 13.7. The van der Waals surface area contributed by atoms with Crippen LogP contribution in [0.5, 0.6) is 0 Å². The van der Waals surface area contributed by atoms with Crippen LogP contribution < -0.4 is 5.32 Å². The van der Waals surface area contributed by atoms with Gasteiger partial charge in [0.05, 0.1) is 5.41 Å². The molecule has 0 aliphatic heterocycles. The molecule has 1 aliphatic rings. The second-order valence-electron chi connectivity index (χ2n) is 6.35. The second-order valence-corrected chi connectivity index (χ2v) is 6.35. The van der Waals surface area contributed by atoms with Gasteiger partial charge in [0.15, 0.2) is 0 Å². The summed E-state index contributed by atoms with van der Waals surface area (Å²) < 4.78 is 0. The van der Waals surface area contributed by atoms with Crippen molar-refractivity contribution in [3.63, 3.8) is 0 Å². The lowest BCUT2D eigenvalue weighted by molar-refractivity contribution is -0.148. The highest BCUT2D eigenvalue weighted by Gasteiger charge is 2.46. The highest BCUT2D eigenvalue weighted by Crippen LogP contribution is 2.38. The Morgan fingerprint density at radius 1 is 1.33 bits per heavy atom. The number of nitrogens with zero attached hydrogens (tertiary/aromatic N) is 2. The molecule has 6 nitrogen and oxygen atoms in total. The number of urea groups is 1. The van der Waals surface area contributed by atoms with Crippen LogP contribution in [0.25, 0.3) is 0 Å². The number of aliphatic carboxylic acids is 1. The molecule has 0 radical (unpaired) electrons. The summed E-state index contributed by atoms with van der Waals surface area (Å²) >= 11 is 0. The van der Waals surface area contributed by atoms with E-state index in [1.807, 2.05) is 21.0 Å². The summed E-state index contributed by atoms with van der Waals surface area (Å²) in [5, 5.41) is 12.3. The number of nitrogens with one attached hydrogen (secondary N) is 1. The Morgan fingerprint density at radius 2 is 2.00 bits per heavy atom. The molecule has 1 rings (SSSR count). The van der Waals surface area contributed by atoms with E-state index in [4.69, 9.17) is 0 Å². The molecule has 0 bridgehead atoms. The number of carbonyl (C=O) groups excluding carboxylic acids is 1. The zero-order chi connectivity index (χ0) is 16.0. The van der Waals surface area contributed by atoms with Gasteiger partial charge >= 0.3 is 12.0 Å². The van der Waals surface area contributed by atoms with Crippen LogP contribution in [-0.2, 0) is 4.79 Å². The van der Waals surface area contributed by atoms with Crippen LogP contribution >= 0.6 is 0 Å². The molecular formula is C15H29N3O3. The third kappa shape index (κ3) is 4.59. The third-order valence-electron chi connectivity index (χ3n) is 4.45. The summed E-state index contributed by atoms with van der Waals surface area (Å²) in [6.45, 7) is 5.93. The first-order valence-corrected chi connectivity index (χ1v) is 7.74. The van der Waals surface area contributed by atoms with Crippen molar-refractivity contribution in [2.24, 2.45) is 5.41 Å². The minimum atomic E-state index is -0.835. The fourth-order valence-corrected chi connectivity index (χ4v) is 2.88. The van der Waals surface area contributed by atoms with Crippen LogP contribution in [0.2, 0.25) is 0 Å². The van der Waals surface area contributed by atoms with Gasteiger partial charge in [-0.15, -0.1) is 0 Å². The monoisotopic (exact) mass is 299 g/mol. The Bertz CT molecular complexity index is 373. The Kier molecular flexibility index (Phi) is 6.45. The second kappa shape index (κ2) is 7.64. The molecule has 122 valence electrons. The molecule has 0 aromatic carbocycles. The standard InChI is InChI=1S/C15H29N3O3/c1-5-18(11-7-10-17(3)4)14(21)16-12-8-6-9-15(12,2)13(19)20/h12H,5-11H2,1-4H3,(H,16,21)(H,19,20). The van der Waals surface area contributed by atoms with Crippen LogP contribution in [0.3, 0.4) is 0 Å². The average molecular weight is 299 g/mol. The van der Waals surface area contributed by atoms with Gasteiger partial charge in [0.2, 0.25) is 0 Å². The maximum atomic E-state index is 12.3. The molecule has 1 saturated carbocycles. The molecule has 2 unspecified atom stereocenters. The molecule has 0 aromatic rings. The zero-order valence-electron chi connectivity index (χ0n) is 13.7. The minimum Gasteiger partial charge on any atom is -0.481 e. The van der Waals surface area contributed by atoms with E-state index in [-0.39, 0.29) is 12.1 Å². The summed E-state index contributed by atoms with van der Waals surface area (Å²) in [6, 6.07) is -0.416. The number of amides is 2. The van der Waals surface area contributed by atoms with Gasteiger partial charge in [-0.05, 0) is 53.8 Å². The van der Waals surface area contributed by atoms with Crippen LogP contribution in [0.1, 0.15) is 39.5 Å². The highest BCUT2D eigenvalue weighted by atomic mass is 16.4. The Labute approximate surface area is 127 Å². The Morgan fingerprint density at radius 3 is 2.52 bits per heavy atom. The smallest absolute Gasteiger partial charge is 0.317 e. The highest BCUT2D eigenvalue weighted by molar-refractivity contribution is 5.79. The van der Waals surface area contributed by atoms with E-state index in [0.717, 1.165) is 25.8 Å². The molecule has 2 amide bonds. The van der Waals surface area contributed by atoms with Gasteiger partial charge in [-0.1, -0.05) is 6.42 Å². The quantitative estimate of drug-likeness (QED) is 0.749. The third-order valence-corrected chi connectivity index (χ3v) is 4.45. The Balaban J connectivity index is 2.55. The summed E-state index contributed by atoms with van der Waals surface area (Å²) in [5.41, 5.74) is -0.835. The lowest BCUT2D eigenvalue weighted by atomic mass is 9.85. The van der Waals surface area contributed by atoms with E-state index in [9.17, 15) is 14.7 Å². The first-order valence-electron chi connectivity index (χ1n) is 7.74. The number of hydrogen-bond acceptors (Lipinski definition) is 3.